The van der Waals surface area contributed by atoms with Crippen LogP contribution in [0.2, 0.25) is 0 Å². The predicted octanol–water partition coefficient (Wildman–Crippen LogP) is 1.50. The Hall–Kier alpha value is -0.430. The lowest BCUT2D eigenvalue weighted by atomic mass is 10.1. The summed E-state index contributed by atoms with van der Waals surface area (Å²) in [5.74, 6) is 5.62. The van der Waals surface area contributed by atoms with Crippen LogP contribution >= 0.6 is 15.9 Å². The van der Waals surface area contributed by atoms with Crippen LogP contribution in [-0.2, 0) is 11.8 Å². The summed E-state index contributed by atoms with van der Waals surface area (Å²) in [5, 5.41) is 4.18. The van der Waals surface area contributed by atoms with Crippen LogP contribution in [0.15, 0.2) is 10.7 Å². The van der Waals surface area contributed by atoms with Gasteiger partial charge >= 0.3 is 0 Å². The quantitative estimate of drug-likeness (QED) is 0.616. The third kappa shape index (κ3) is 2.82. The molecule has 0 aliphatic carbocycles. The fourth-order valence-corrected chi connectivity index (χ4v) is 2.39. The first kappa shape index (κ1) is 13.6. The first-order valence-corrected chi connectivity index (χ1v) is 6.20. The summed E-state index contributed by atoms with van der Waals surface area (Å²) in [6.07, 6.45) is 2.69. The van der Waals surface area contributed by atoms with Crippen molar-refractivity contribution in [3.8, 4) is 0 Å². The molecule has 2 atom stereocenters. The molecule has 0 saturated carbocycles. The third-order valence-electron chi connectivity index (χ3n) is 2.57. The molecule has 3 N–H and O–H groups in total. The lowest BCUT2D eigenvalue weighted by Crippen LogP contribution is -2.39. The molecule has 2 unspecified atom stereocenters. The van der Waals surface area contributed by atoms with Crippen molar-refractivity contribution in [1.82, 2.24) is 15.2 Å². The van der Waals surface area contributed by atoms with Crippen molar-refractivity contribution in [3.05, 3.63) is 16.4 Å². The molecule has 1 aromatic heterocycles. The van der Waals surface area contributed by atoms with Crippen molar-refractivity contribution in [2.75, 3.05) is 6.61 Å². The van der Waals surface area contributed by atoms with Crippen LogP contribution in [0.1, 0.15) is 32.0 Å². The van der Waals surface area contributed by atoms with Gasteiger partial charge in [0.25, 0.3) is 0 Å². The molecule has 0 fully saturated rings. The highest BCUT2D eigenvalue weighted by Gasteiger charge is 2.25. The van der Waals surface area contributed by atoms with E-state index in [0.717, 1.165) is 16.6 Å². The van der Waals surface area contributed by atoms with E-state index in [1.807, 2.05) is 14.0 Å². The van der Waals surface area contributed by atoms with Gasteiger partial charge in [-0.1, -0.05) is 6.92 Å². The number of hydrogen-bond acceptors (Lipinski definition) is 4. The van der Waals surface area contributed by atoms with Gasteiger partial charge in [0.15, 0.2) is 0 Å². The standard InChI is InChI=1S/C10H19BrN4O/c1-4-8(16-5-2)9(14-12)10-7(11)6-13-15(10)3/h6,8-9,14H,4-5,12H2,1-3H3. The van der Waals surface area contributed by atoms with Gasteiger partial charge in [-0.25, -0.2) is 5.43 Å². The van der Waals surface area contributed by atoms with Gasteiger partial charge in [-0.15, -0.1) is 0 Å². The van der Waals surface area contributed by atoms with E-state index in [1.165, 1.54) is 0 Å². The van der Waals surface area contributed by atoms with Crippen LogP contribution in [0.4, 0.5) is 0 Å². The topological polar surface area (TPSA) is 65.1 Å². The number of nitrogens with two attached hydrogens (primary N) is 1. The Labute approximate surface area is 104 Å². The van der Waals surface area contributed by atoms with Gasteiger partial charge < -0.3 is 4.74 Å². The maximum Gasteiger partial charge on any atom is 0.0901 e. The van der Waals surface area contributed by atoms with E-state index >= 15 is 0 Å². The molecule has 1 aromatic rings. The maximum atomic E-state index is 5.67. The highest BCUT2D eigenvalue weighted by Crippen LogP contribution is 2.27. The number of nitrogens with zero attached hydrogens (tertiary/aromatic N) is 2. The zero-order chi connectivity index (χ0) is 12.1. The molecule has 92 valence electrons. The van der Waals surface area contributed by atoms with Crippen LogP contribution < -0.4 is 11.3 Å². The summed E-state index contributed by atoms with van der Waals surface area (Å²) in [5.41, 5.74) is 3.81. The Morgan fingerprint density at radius 3 is 2.69 bits per heavy atom. The first-order valence-electron chi connectivity index (χ1n) is 5.40. The number of ether oxygens (including phenoxy) is 1. The minimum atomic E-state index is -0.0631. The first-order chi connectivity index (χ1) is 7.65. The molecule has 1 heterocycles. The van der Waals surface area contributed by atoms with Crippen molar-refractivity contribution in [2.24, 2.45) is 12.9 Å². The summed E-state index contributed by atoms with van der Waals surface area (Å²) in [7, 11) is 1.89. The second-order valence-electron chi connectivity index (χ2n) is 3.55. The van der Waals surface area contributed by atoms with Crippen LogP contribution in [0.3, 0.4) is 0 Å². The predicted molar refractivity (Wildman–Crippen MR) is 66.7 cm³/mol. The Morgan fingerprint density at radius 2 is 2.31 bits per heavy atom. The van der Waals surface area contributed by atoms with Gasteiger partial charge in [0.1, 0.15) is 0 Å². The molecule has 0 radical (unpaired) electrons. The van der Waals surface area contributed by atoms with Crippen molar-refractivity contribution in [1.29, 1.82) is 0 Å². The molecule has 0 bridgehead atoms. The second kappa shape index (κ2) is 6.34. The molecule has 1 rings (SSSR count). The lowest BCUT2D eigenvalue weighted by Gasteiger charge is -2.26. The number of halogens is 1. The number of aromatic nitrogens is 2. The molecule has 0 amide bonds. The molecule has 0 aliphatic heterocycles. The minimum Gasteiger partial charge on any atom is -0.376 e. The van der Waals surface area contributed by atoms with Gasteiger partial charge in [-0.2, -0.15) is 5.10 Å². The number of hydrogen-bond donors (Lipinski definition) is 2. The molecule has 5 nitrogen and oxygen atoms in total. The van der Waals surface area contributed by atoms with E-state index in [1.54, 1.807) is 10.9 Å². The number of aryl methyl sites for hydroxylation is 1. The maximum absolute atomic E-state index is 5.67. The SMILES string of the molecule is CCOC(CC)C(NN)c1c(Br)cnn1C. The molecule has 16 heavy (non-hydrogen) atoms. The smallest absolute Gasteiger partial charge is 0.0901 e. The van der Waals surface area contributed by atoms with E-state index in [9.17, 15) is 0 Å². The zero-order valence-corrected chi connectivity index (χ0v) is 11.5. The Balaban J connectivity index is 2.96. The number of nitrogens with one attached hydrogen (secondary N) is 1. The van der Waals surface area contributed by atoms with Crippen LogP contribution in [0.5, 0.6) is 0 Å². The van der Waals surface area contributed by atoms with Crippen LogP contribution in [-0.4, -0.2) is 22.5 Å². The van der Waals surface area contributed by atoms with Gasteiger partial charge in [-0.3, -0.25) is 10.5 Å². The minimum absolute atomic E-state index is 0.0432. The van der Waals surface area contributed by atoms with Gasteiger partial charge in [0.05, 0.1) is 28.5 Å². The summed E-state index contributed by atoms with van der Waals surface area (Å²) < 4.78 is 8.42. The van der Waals surface area contributed by atoms with Crippen molar-refractivity contribution in [2.45, 2.75) is 32.4 Å². The average Bonchev–Trinajstić information content (AvgIpc) is 2.60. The second-order valence-corrected chi connectivity index (χ2v) is 4.40. The van der Waals surface area contributed by atoms with Gasteiger partial charge in [0.2, 0.25) is 0 Å². The van der Waals surface area contributed by atoms with E-state index in [-0.39, 0.29) is 12.1 Å². The zero-order valence-electron chi connectivity index (χ0n) is 9.90. The summed E-state index contributed by atoms with van der Waals surface area (Å²) in [6, 6.07) is -0.0631. The summed E-state index contributed by atoms with van der Waals surface area (Å²) >= 11 is 3.47. The fourth-order valence-electron chi connectivity index (χ4n) is 1.80. The molecule has 6 heteroatoms. The highest BCUT2D eigenvalue weighted by molar-refractivity contribution is 9.10. The molecule has 0 spiro atoms. The molecular weight excluding hydrogens is 272 g/mol. The van der Waals surface area contributed by atoms with E-state index in [0.29, 0.717) is 6.61 Å². The van der Waals surface area contributed by atoms with E-state index in [4.69, 9.17) is 10.6 Å². The molecule has 0 saturated heterocycles. The van der Waals surface area contributed by atoms with E-state index < -0.39 is 0 Å². The normalized spacial score (nSPS) is 15.1. The van der Waals surface area contributed by atoms with Gasteiger partial charge in [0, 0.05) is 13.7 Å². The largest absolute Gasteiger partial charge is 0.376 e. The monoisotopic (exact) mass is 290 g/mol. The lowest BCUT2D eigenvalue weighted by molar-refractivity contribution is 0.0292. The Bertz CT molecular complexity index is 309. The number of hydrazine groups is 1. The third-order valence-corrected chi connectivity index (χ3v) is 3.18. The summed E-state index contributed by atoms with van der Waals surface area (Å²) in [6.45, 7) is 4.73. The fraction of sp³-hybridized carbons (Fsp3) is 0.700. The van der Waals surface area contributed by atoms with E-state index in [2.05, 4.69) is 33.4 Å². The van der Waals surface area contributed by atoms with Crippen molar-refractivity contribution < 1.29 is 4.74 Å². The molecule has 0 aliphatic rings. The highest BCUT2D eigenvalue weighted by atomic mass is 79.9. The van der Waals surface area contributed by atoms with Crippen molar-refractivity contribution in [3.63, 3.8) is 0 Å². The Kier molecular flexibility index (Phi) is 5.40. The van der Waals surface area contributed by atoms with Gasteiger partial charge in [-0.05, 0) is 29.3 Å². The molecule has 0 aromatic carbocycles. The van der Waals surface area contributed by atoms with Crippen LogP contribution in [0.25, 0.3) is 0 Å². The number of rotatable bonds is 6. The molecular formula is C10H19BrN4O. The van der Waals surface area contributed by atoms with Crippen LogP contribution in [0, 0.1) is 0 Å². The average molecular weight is 291 g/mol. The summed E-state index contributed by atoms with van der Waals surface area (Å²) in [4.78, 5) is 0. The Morgan fingerprint density at radius 1 is 1.62 bits per heavy atom. The van der Waals surface area contributed by atoms with Crippen molar-refractivity contribution >= 4 is 15.9 Å².